The van der Waals surface area contributed by atoms with Crippen molar-refractivity contribution in [3.63, 3.8) is 0 Å². The average Bonchev–Trinajstić information content (AvgIpc) is 2.61. The average molecular weight is 304 g/mol. The van der Waals surface area contributed by atoms with Crippen LogP contribution in [-0.2, 0) is 19.3 Å². The van der Waals surface area contributed by atoms with Gasteiger partial charge in [0.05, 0.1) is 0 Å². The van der Waals surface area contributed by atoms with E-state index < -0.39 is 0 Å². The van der Waals surface area contributed by atoms with Gasteiger partial charge in [0.1, 0.15) is 5.82 Å². The van der Waals surface area contributed by atoms with E-state index >= 15 is 0 Å². The molecule has 0 spiro atoms. The van der Waals surface area contributed by atoms with Crippen molar-refractivity contribution in [2.45, 2.75) is 26.2 Å². The minimum absolute atomic E-state index is 0.195. The summed E-state index contributed by atoms with van der Waals surface area (Å²) in [6.45, 7) is 2.18. The van der Waals surface area contributed by atoms with Crippen LogP contribution in [0.3, 0.4) is 0 Å². The zero-order chi connectivity index (χ0) is 16.1. The standard InChI is InChI=1S/C22H21F/c1-2-17-3-5-18(6-4-17)7-8-19-9-11-20(12-10-19)21-13-15-22(23)16-14-21/h3-6,9-16H,2,7-8H2,1H3. The number of hydrogen-bond donors (Lipinski definition) is 0. The van der Waals surface area contributed by atoms with Gasteiger partial charge >= 0.3 is 0 Å². The van der Waals surface area contributed by atoms with Crippen LogP contribution in [0.4, 0.5) is 4.39 Å². The fraction of sp³-hybridized carbons (Fsp3) is 0.182. The highest BCUT2D eigenvalue weighted by Gasteiger charge is 2.00. The summed E-state index contributed by atoms with van der Waals surface area (Å²) >= 11 is 0. The van der Waals surface area contributed by atoms with Crippen LogP contribution in [0.2, 0.25) is 0 Å². The summed E-state index contributed by atoms with van der Waals surface area (Å²) in [6.07, 6.45) is 3.18. The first kappa shape index (κ1) is 15.5. The first-order valence-electron chi connectivity index (χ1n) is 8.17. The van der Waals surface area contributed by atoms with Crippen LogP contribution in [0, 0.1) is 5.82 Å². The number of aryl methyl sites for hydroxylation is 3. The number of halogens is 1. The SMILES string of the molecule is CCc1ccc(CCc2ccc(-c3ccc(F)cc3)cc2)cc1. The highest BCUT2D eigenvalue weighted by atomic mass is 19.1. The molecule has 0 radical (unpaired) electrons. The second kappa shape index (κ2) is 7.23. The Morgan fingerprint density at radius 2 is 0.957 bits per heavy atom. The van der Waals surface area contributed by atoms with E-state index in [1.807, 2.05) is 12.1 Å². The van der Waals surface area contributed by atoms with Crippen molar-refractivity contribution in [2.75, 3.05) is 0 Å². The molecule has 0 saturated carbocycles. The smallest absolute Gasteiger partial charge is 0.123 e. The lowest BCUT2D eigenvalue weighted by Crippen LogP contribution is -1.92. The molecule has 0 amide bonds. The molecule has 3 aromatic carbocycles. The zero-order valence-corrected chi connectivity index (χ0v) is 13.4. The Morgan fingerprint density at radius 1 is 0.565 bits per heavy atom. The molecule has 0 unspecified atom stereocenters. The van der Waals surface area contributed by atoms with Gasteiger partial charge < -0.3 is 0 Å². The molecule has 0 aliphatic rings. The Labute approximate surface area is 137 Å². The Balaban J connectivity index is 1.64. The summed E-state index contributed by atoms with van der Waals surface area (Å²) in [7, 11) is 0. The minimum Gasteiger partial charge on any atom is -0.207 e. The number of hydrogen-bond acceptors (Lipinski definition) is 0. The quantitative estimate of drug-likeness (QED) is 0.555. The molecule has 0 heterocycles. The van der Waals surface area contributed by atoms with Gasteiger partial charge in [-0.1, -0.05) is 67.6 Å². The summed E-state index contributed by atoms with van der Waals surface area (Å²) in [6, 6.07) is 24.1. The van der Waals surface area contributed by atoms with Crippen LogP contribution in [0.1, 0.15) is 23.6 Å². The second-order valence-electron chi connectivity index (χ2n) is 5.87. The molecule has 23 heavy (non-hydrogen) atoms. The third-order valence-electron chi connectivity index (χ3n) is 4.27. The first-order chi connectivity index (χ1) is 11.2. The van der Waals surface area contributed by atoms with E-state index in [1.54, 1.807) is 0 Å². The molecule has 3 rings (SSSR count). The molecular formula is C22H21F. The van der Waals surface area contributed by atoms with E-state index in [0.717, 1.165) is 30.4 Å². The molecule has 0 aromatic heterocycles. The van der Waals surface area contributed by atoms with Crippen molar-refractivity contribution < 1.29 is 4.39 Å². The molecule has 0 nitrogen and oxygen atoms in total. The van der Waals surface area contributed by atoms with E-state index in [1.165, 1.54) is 28.8 Å². The van der Waals surface area contributed by atoms with E-state index in [0.29, 0.717) is 0 Å². The van der Waals surface area contributed by atoms with Crippen molar-refractivity contribution in [3.8, 4) is 11.1 Å². The molecule has 0 atom stereocenters. The predicted octanol–water partition coefficient (Wildman–Crippen LogP) is 5.84. The van der Waals surface area contributed by atoms with Gasteiger partial charge in [0, 0.05) is 0 Å². The summed E-state index contributed by atoms with van der Waals surface area (Å²) in [4.78, 5) is 0. The minimum atomic E-state index is -0.195. The Kier molecular flexibility index (Phi) is 4.87. The molecular weight excluding hydrogens is 283 g/mol. The molecule has 0 aliphatic carbocycles. The van der Waals surface area contributed by atoms with Crippen LogP contribution >= 0.6 is 0 Å². The summed E-state index contributed by atoms with van der Waals surface area (Å²) in [5, 5.41) is 0. The third-order valence-corrected chi connectivity index (χ3v) is 4.27. The van der Waals surface area contributed by atoms with Crippen molar-refractivity contribution >= 4 is 0 Å². The van der Waals surface area contributed by atoms with Crippen LogP contribution in [0.5, 0.6) is 0 Å². The topological polar surface area (TPSA) is 0 Å². The van der Waals surface area contributed by atoms with Crippen molar-refractivity contribution in [1.82, 2.24) is 0 Å². The van der Waals surface area contributed by atoms with Gasteiger partial charge in [0.15, 0.2) is 0 Å². The number of benzene rings is 3. The Morgan fingerprint density at radius 3 is 1.43 bits per heavy atom. The second-order valence-corrected chi connectivity index (χ2v) is 5.87. The highest BCUT2D eigenvalue weighted by molar-refractivity contribution is 5.63. The largest absolute Gasteiger partial charge is 0.207 e. The van der Waals surface area contributed by atoms with E-state index in [4.69, 9.17) is 0 Å². The maximum absolute atomic E-state index is 13.0. The predicted molar refractivity (Wildman–Crippen MR) is 95.1 cm³/mol. The van der Waals surface area contributed by atoms with Gasteiger partial charge in [-0.05, 0) is 59.2 Å². The van der Waals surface area contributed by atoms with Crippen LogP contribution in [0.25, 0.3) is 11.1 Å². The molecule has 0 aliphatic heterocycles. The molecule has 3 aromatic rings. The molecule has 0 saturated heterocycles. The number of rotatable bonds is 5. The fourth-order valence-electron chi connectivity index (χ4n) is 2.74. The molecule has 116 valence electrons. The normalized spacial score (nSPS) is 10.7. The monoisotopic (exact) mass is 304 g/mol. The van der Waals surface area contributed by atoms with Crippen molar-refractivity contribution in [2.24, 2.45) is 0 Å². The van der Waals surface area contributed by atoms with E-state index in [9.17, 15) is 4.39 Å². The highest BCUT2D eigenvalue weighted by Crippen LogP contribution is 2.20. The Bertz CT molecular complexity index is 737. The maximum atomic E-state index is 13.0. The third kappa shape index (κ3) is 4.07. The molecule has 0 bridgehead atoms. The van der Waals surface area contributed by atoms with E-state index in [2.05, 4.69) is 55.5 Å². The van der Waals surface area contributed by atoms with Gasteiger partial charge in [0.25, 0.3) is 0 Å². The first-order valence-corrected chi connectivity index (χ1v) is 8.17. The van der Waals surface area contributed by atoms with Gasteiger partial charge in [-0.15, -0.1) is 0 Å². The van der Waals surface area contributed by atoms with Crippen molar-refractivity contribution in [1.29, 1.82) is 0 Å². The molecule has 1 heteroatoms. The summed E-state index contributed by atoms with van der Waals surface area (Å²) in [5.41, 5.74) is 6.27. The van der Waals surface area contributed by atoms with Gasteiger partial charge in [-0.3, -0.25) is 0 Å². The fourth-order valence-corrected chi connectivity index (χ4v) is 2.74. The van der Waals surface area contributed by atoms with Gasteiger partial charge in [-0.2, -0.15) is 0 Å². The molecule has 0 fully saturated rings. The lowest BCUT2D eigenvalue weighted by atomic mass is 10.00. The lowest BCUT2D eigenvalue weighted by molar-refractivity contribution is 0.628. The Hall–Kier alpha value is -2.41. The summed E-state index contributed by atoms with van der Waals surface area (Å²) < 4.78 is 13.0. The van der Waals surface area contributed by atoms with E-state index in [-0.39, 0.29) is 5.82 Å². The van der Waals surface area contributed by atoms with Gasteiger partial charge in [0.2, 0.25) is 0 Å². The lowest BCUT2D eigenvalue weighted by Gasteiger charge is -2.06. The molecule has 0 N–H and O–H groups in total. The van der Waals surface area contributed by atoms with Crippen LogP contribution in [0.15, 0.2) is 72.8 Å². The zero-order valence-electron chi connectivity index (χ0n) is 13.4. The summed E-state index contributed by atoms with van der Waals surface area (Å²) in [5.74, 6) is -0.195. The van der Waals surface area contributed by atoms with Gasteiger partial charge in [-0.25, -0.2) is 4.39 Å². The maximum Gasteiger partial charge on any atom is 0.123 e. The van der Waals surface area contributed by atoms with Crippen molar-refractivity contribution in [3.05, 3.63) is 95.3 Å². The van der Waals surface area contributed by atoms with Crippen LogP contribution in [-0.4, -0.2) is 0 Å². The van der Waals surface area contributed by atoms with Crippen LogP contribution < -0.4 is 0 Å².